The molecule has 0 saturated carbocycles. The summed E-state index contributed by atoms with van der Waals surface area (Å²) in [6.07, 6.45) is -0.977. The van der Waals surface area contributed by atoms with Crippen LogP contribution >= 0.6 is 14.7 Å². The lowest BCUT2D eigenvalue weighted by Crippen LogP contribution is -2.08. The average molecular weight is 202 g/mol. The first-order valence-corrected chi connectivity index (χ1v) is 6.91. The summed E-state index contributed by atoms with van der Waals surface area (Å²) in [4.78, 5) is 17.7. The first-order chi connectivity index (χ1) is 4.83. The fraction of sp³-hybridized carbons (Fsp3) is 1.00. The van der Waals surface area contributed by atoms with Crippen LogP contribution in [0.2, 0.25) is 0 Å². The van der Waals surface area contributed by atoms with E-state index in [2.05, 4.69) is 0 Å². The highest BCUT2D eigenvalue weighted by Gasteiger charge is 2.28. The van der Waals surface area contributed by atoms with Crippen molar-refractivity contribution in [1.29, 1.82) is 0 Å². The molecule has 11 heavy (non-hydrogen) atoms. The van der Waals surface area contributed by atoms with Gasteiger partial charge in [0.1, 0.15) is 5.90 Å². The van der Waals surface area contributed by atoms with E-state index < -0.39 is 33.2 Å². The maximum atomic E-state index is 10.8. The minimum absolute atomic E-state index is 0.489. The van der Waals surface area contributed by atoms with Gasteiger partial charge in [0.25, 0.3) is 0 Å². The van der Waals surface area contributed by atoms with E-state index in [9.17, 15) is 9.13 Å². The van der Waals surface area contributed by atoms with Crippen LogP contribution in [0.4, 0.5) is 0 Å². The molecule has 0 aromatic heterocycles. The van der Waals surface area contributed by atoms with Gasteiger partial charge in [-0.3, -0.25) is 9.13 Å². The minimum atomic E-state index is -3.63. The molecule has 0 amide bonds. The van der Waals surface area contributed by atoms with Gasteiger partial charge in [-0.15, -0.1) is 0 Å². The molecule has 0 aromatic carbocycles. The Bertz CT molecular complexity index is 195. The number of nitrogens with two attached hydrogens (primary N) is 2. The summed E-state index contributed by atoms with van der Waals surface area (Å²) < 4.78 is 21.6. The van der Waals surface area contributed by atoms with E-state index in [1.807, 2.05) is 0 Å². The largest absolute Gasteiger partial charge is 0.343 e. The highest BCUT2D eigenvalue weighted by molar-refractivity contribution is 7.75. The zero-order valence-electron chi connectivity index (χ0n) is 5.88. The number of hydrogen-bond donors (Lipinski definition) is 4. The van der Waals surface area contributed by atoms with Crippen molar-refractivity contribution in [3.63, 3.8) is 0 Å². The van der Waals surface area contributed by atoms with Crippen LogP contribution in [0, 0.1) is 0 Å². The minimum Gasteiger partial charge on any atom is -0.343 e. The molecule has 2 unspecified atom stereocenters. The Balaban J connectivity index is 4.26. The Morgan fingerprint density at radius 2 is 1.27 bits per heavy atom. The third-order valence-corrected chi connectivity index (χ3v) is 5.69. The summed E-state index contributed by atoms with van der Waals surface area (Å²) >= 11 is 0. The maximum absolute atomic E-state index is 10.8. The summed E-state index contributed by atoms with van der Waals surface area (Å²) in [6, 6.07) is 0. The standard InChI is InChI=1S/C3H12N2O4P2/c4-1-10(6,7)3-11(8,9)2-5/h1-5H2,(H,6,7)(H,8,9). The third kappa shape index (κ3) is 4.69. The molecule has 0 aliphatic rings. The fourth-order valence-electron chi connectivity index (χ4n) is 0.461. The van der Waals surface area contributed by atoms with E-state index in [1.165, 1.54) is 0 Å². The molecule has 0 rings (SSSR count). The summed E-state index contributed by atoms with van der Waals surface area (Å²) in [6.45, 7) is 0. The van der Waals surface area contributed by atoms with Gasteiger partial charge in [0.15, 0.2) is 0 Å². The van der Waals surface area contributed by atoms with Gasteiger partial charge in [0.2, 0.25) is 14.7 Å². The molecule has 8 heteroatoms. The van der Waals surface area contributed by atoms with Gasteiger partial charge in [-0.2, -0.15) is 0 Å². The van der Waals surface area contributed by atoms with Gasteiger partial charge in [0.05, 0.1) is 12.6 Å². The van der Waals surface area contributed by atoms with Crippen molar-refractivity contribution in [2.75, 3.05) is 18.5 Å². The molecule has 0 aromatic rings. The molecule has 0 fully saturated rings. The molecule has 0 heterocycles. The second kappa shape index (κ2) is 3.81. The molecular formula is C3H12N2O4P2. The van der Waals surface area contributed by atoms with Gasteiger partial charge >= 0.3 is 0 Å². The molecule has 68 valence electrons. The summed E-state index contributed by atoms with van der Waals surface area (Å²) in [7, 11) is -7.25. The van der Waals surface area contributed by atoms with Gasteiger partial charge in [-0.25, -0.2) is 0 Å². The Hall–Kier alpha value is 0.300. The van der Waals surface area contributed by atoms with Crippen LogP contribution in [0.25, 0.3) is 0 Å². The third-order valence-electron chi connectivity index (χ3n) is 1.01. The molecule has 0 radical (unpaired) electrons. The summed E-state index contributed by atoms with van der Waals surface area (Å²) in [5.74, 6) is -0.688. The molecular weight excluding hydrogens is 190 g/mol. The predicted octanol–water partition coefficient (Wildman–Crippen LogP) is -0.683. The highest BCUT2D eigenvalue weighted by Crippen LogP contribution is 2.54. The van der Waals surface area contributed by atoms with Gasteiger partial charge in [-0.1, -0.05) is 0 Å². The fourth-order valence-corrected chi connectivity index (χ4v) is 4.15. The van der Waals surface area contributed by atoms with Crippen molar-refractivity contribution in [3.05, 3.63) is 0 Å². The van der Waals surface area contributed by atoms with Crippen molar-refractivity contribution < 1.29 is 18.9 Å². The molecule has 0 aliphatic heterocycles. The lowest BCUT2D eigenvalue weighted by molar-refractivity contribution is 0.466. The van der Waals surface area contributed by atoms with E-state index in [4.69, 9.17) is 21.3 Å². The van der Waals surface area contributed by atoms with Crippen LogP contribution < -0.4 is 11.5 Å². The zero-order chi connectivity index (χ0) is 9.12. The first-order valence-electron chi connectivity index (χ1n) is 2.85. The Kier molecular flexibility index (Phi) is 3.91. The molecule has 0 saturated heterocycles. The number of rotatable bonds is 4. The highest BCUT2D eigenvalue weighted by atomic mass is 31.2. The van der Waals surface area contributed by atoms with Gasteiger partial charge in [0, 0.05) is 0 Å². The van der Waals surface area contributed by atoms with Crippen molar-refractivity contribution in [2.45, 2.75) is 0 Å². The predicted molar refractivity (Wildman–Crippen MR) is 42.6 cm³/mol. The summed E-state index contributed by atoms with van der Waals surface area (Å²) in [5.41, 5.74) is 9.76. The van der Waals surface area contributed by atoms with Crippen LogP contribution in [0.1, 0.15) is 0 Å². The lowest BCUT2D eigenvalue weighted by Gasteiger charge is -2.12. The topological polar surface area (TPSA) is 127 Å². The molecule has 0 spiro atoms. The average Bonchev–Trinajstić information content (AvgIpc) is 1.86. The van der Waals surface area contributed by atoms with E-state index in [1.54, 1.807) is 0 Å². The lowest BCUT2D eigenvalue weighted by atomic mass is 11.5. The van der Waals surface area contributed by atoms with E-state index >= 15 is 0 Å². The summed E-state index contributed by atoms with van der Waals surface area (Å²) in [5, 5.41) is 0. The Morgan fingerprint density at radius 1 is 1.00 bits per heavy atom. The molecule has 0 aliphatic carbocycles. The van der Waals surface area contributed by atoms with Crippen LogP contribution in [0.15, 0.2) is 0 Å². The number of hydrogen-bond acceptors (Lipinski definition) is 4. The molecule has 6 nitrogen and oxygen atoms in total. The maximum Gasteiger partial charge on any atom is 0.223 e. The second-order valence-electron chi connectivity index (χ2n) is 2.20. The van der Waals surface area contributed by atoms with E-state index in [-0.39, 0.29) is 0 Å². The first kappa shape index (κ1) is 11.3. The molecule has 0 bridgehead atoms. The quantitative estimate of drug-likeness (QED) is 0.447. The van der Waals surface area contributed by atoms with Gasteiger partial charge < -0.3 is 21.3 Å². The molecule has 2 atom stereocenters. The van der Waals surface area contributed by atoms with Crippen molar-refractivity contribution in [3.8, 4) is 0 Å². The monoisotopic (exact) mass is 202 g/mol. The van der Waals surface area contributed by atoms with E-state index in [0.29, 0.717) is 0 Å². The molecule has 6 N–H and O–H groups in total. The zero-order valence-corrected chi connectivity index (χ0v) is 7.67. The normalized spacial score (nSPS) is 22.2. The van der Waals surface area contributed by atoms with Crippen molar-refractivity contribution in [1.82, 2.24) is 0 Å². The Morgan fingerprint density at radius 3 is 1.45 bits per heavy atom. The smallest absolute Gasteiger partial charge is 0.223 e. The van der Waals surface area contributed by atoms with Crippen LogP contribution in [0.5, 0.6) is 0 Å². The van der Waals surface area contributed by atoms with Crippen LogP contribution in [-0.4, -0.2) is 28.3 Å². The van der Waals surface area contributed by atoms with Crippen LogP contribution in [-0.2, 0) is 9.13 Å². The van der Waals surface area contributed by atoms with Crippen molar-refractivity contribution >= 4 is 14.7 Å². The second-order valence-corrected chi connectivity index (χ2v) is 7.45. The van der Waals surface area contributed by atoms with E-state index in [0.717, 1.165) is 0 Å². The van der Waals surface area contributed by atoms with Crippen LogP contribution in [0.3, 0.4) is 0 Å². The van der Waals surface area contributed by atoms with Gasteiger partial charge in [-0.05, 0) is 0 Å². The van der Waals surface area contributed by atoms with Crippen molar-refractivity contribution in [2.24, 2.45) is 11.5 Å². The Labute approximate surface area is 64.5 Å². The SMILES string of the molecule is NCP(=O)(O)CP(=O)(O)CN.